The molecule has 1 aliphatic heterocycles. The number of anilines is 1. The standard InChI is InChI=1S/C12H17NO2/c1-12(2,15)7-8-6-9-10(13-8)4-3-5-11(9)14/h3-5,8,13-15H,6-7H2,1-2H3. The van der Waals surface area contributed by atoms with Crippen LogP contribution in [0.2, 0.25) is 0 Å². The molecule has 0 aromatic heterocycles. The molecule has 15 heavy (non-hydrogen) atoms. The maximum absolute atomic E-state index is 9.72. The Hall–Kier alpha value is -1.22. The Morgan fingerprint density at radius 3 is 2.80 bits per heavy atom. The minimum atomic E-state index is -0.671. The van der Waals surface area contributed by atoms with Crippen LogP contribution in [0.4, 0.5) is 5.69 Å². The molecule has 1 heterocycles. The largest absolute Gasteiger partial charge is 0.508 e. The number of benzene rings is 1. The number of nitrogens with one attached hydrogen (secondary N) is 1. The summed E-state index contributed by atoms with van der Waals surface area (Å²) in [6.45, 7) is 3.61. The van der Waals surface area contributed by atoms with E-state index in [-0.39, 0.29) is 6.04 Å². The van der Waals surface area contributed by atoms with Crippen LogP contribution >= 0.6 is 0 Å². The van der Waals surface area contributed by atoms with Crippen LogP contribution < -0.4 is 5.32 Å². The zero-order chi connectivity index (χ0) is 11.1. The van der Waals surface area contributed by atoms with Crippen molar-refractivity contribution in [3.8, 4) is 5.75 Å². The quantitative estimate of drug-likeness (QED) is 0.694. The van der Waals surface area contributed by atoms with E-state index in [2.05, 4.69) is 5.32 Å². The number of hydrogen-bond donors (Lipinski definition) is 3. The molecule has 0 amide bonds. The number of phenolic OH excluding ortho intramolecular Hbond substituents is 1. The van der Waals surface area contributed by atoms with E-state index in [9.17, 15) is 10.2 Å². The molecule has 1 atom stereocenters. The Bertz CT molecular complexity index is 368. The van der Waals surface area contributed by atoms with Crippen molar-refractivity contribution >= 4 is 5.69 Å². The first-order chi connectivity index (χ1) is 6.96. The van der Waals surface area contributed by atoms with Crippen LogP contribution in [-0.4, -0.2) is 21.9 Å². The molecule has 0 bridgehead atoms. The highest BCUT2D eigenvalue weighted by Crippen LogP contribution is 2.34. The Kier molecular flexibility index (Phi) is 2.35. The van der Waals surface area contributed by atoms with Gasteiger partial charge in [-0.1, -0.05) is 6.07 Å². The average molecular weight is 207 g/mol. The molecule has 1 aromatic rings. The van der Waals surface area contributed by atoms with E-state index in [1.165, 1.54) is 0 Å². The van der Waals surface area contributed by atoms with Gasteiger partial charge in [-0.3, -0.25) is 0 Å². The highest BCUT2D eigenvalue weighted by atomic mass is 16.3. The summed E-state index contributed by atoms with van der Waals surface area (Å²) in [7, 11) is 0. The molecule has 0 saturated heterocycles. The molecule has 3 N–H and O–H groups in total. The van der Waals surface area contributed by atoms with Crippen LogP contribution in [0, 0.1) is 0 Å². The Balaban J connectivity index is 2.13. The lowest BCUT2D eigenvalue weighted by atomic mass is 9.97. The van der Waals surface area contributed by atoms with Crippen molar-refractivity contribution in [1.29, 1.82) is 0 Å². The lowest BCUT2D eigenvalue weighted by molar-refractivity contribution is 0.0662. The third-order valence-corrected chi connectivity index (χ3v) is 2.71. The SMILES string of the molecule is CC(C)(O)CC1Cc2c(O)cccc2N1. The summed E-state index contributed by atoms with van der Waals surface area (Å²) >= 11 is 0. The summed E-state index contributed by atoms with van der Waals surface area (Å²) in [5.41, 5.74) is 1.28. The molecule has 1 aliphatic rings. The van der Waals surface area contributed by atoms with Crippen molar-refractivity contribution < 1.29 is 10.2 Å². The predicted octanol–water partition coefficient (Wildman–Crippen LogP) is 1.89. The van der Waals surface area contributed by atoms with Gasteiger partial charge in [0.25, 0.3) is 0 Å². The lowest BCUT2D eigenvalue weighted by Gasteiger charge is -2.22. The average Bonchev–Trinajstić information content (AvgIpc) is 2.45. The monoisotopic (exact) mass is 207 g/mol. The second kappa shape index (κ2) is 3.42. The van der Waals surface area contributed by atoms with Crippen LogP contribution in [0.3, 0.4) is 0 Å². The maximum atomic E-state index is 9.72. The molecular weight excluding hydrogens is 190 g/mol. The second-order valence-corrected chi connectivity index (χ2v) is 4.87. The van der Waals surface area contributed by atoms with Gasteiger partial charge in [-0.05, 0) is 38.8 Å². The molecule has 0 aliphatic carbocycles. The van der Waals surface area contributed by atoms with Gasteiger partial charge in [0.2, 0.25) is 0 Å². The first-order valence-electron chi connectivity index (χ1n) is 5.25. The number of fused-ring (bicyclic) bond motifs is 1. The summed E-state index contributed by atoms with van der Waals surface area (Å²) in [5.74, 6) is 0.346. The van der Waals surface area contributed by atoms with Crippen LogP contribution in [0.15, 0.2) is 18.2 Å². The number of hydrogen-bond acceptors (Lipinski definition) is 3. The Morgan fingerprint density at radius 1 is 1.47 bits per heavy atom. The van der Waals surface area contributed by atoms with E-state index in [0.717, 1.165) is 17.7 Å². The normalized spacial score (nSPS) is 19.8. The van der Waals surface area contributed by atoms with Crippen molar-refractivity contribution in [1.82, 2.24) is 0 Å². The molecule has 3 nitrogen and oxygen atoms in total. The first-order valence-corrected chi connectivity index (χ1v) is 5.25. The topological polar surface area (TPSA) is 52.5 Å². The molecule has 0 radical (unpaired) electrons. The number of aliphatic hydroxyl groups is 1. The molecular formula is C12H17NO2. The van der Waals surface area contributed by atoms with Crippen molar-refractivity contribution in [3.63, 3.8) is 0 Å². The minimum Gasteiger partial charge on any atom is -0.508 e. The smallest absolute Gasteiger partial charge is 0.120 e. The maximum Gasteiger partial charge on any atom is 0.120 e. The van der Waals surface area contributed by atoms with Crippen molar-refractivity contribution in [3.05, 3.63) is 23.8 Å². The van der Waals surface area contributed by atoms with Crippen molar-refractivity contribution in [2.24, 2.45) is 0 Å². The van der Waals surface area contributed by atoms with Gasteiger partial charge in [-0.25, -0.2) is 0 Å². The molecule has 3 heteroatoms. The van der Waals surface area contributed by atoms with Gasteiger partial charge in [0.1, 0.15) is 5.75 Å². The molecule has 1 unspecified atom stereocenters. The second-order valence-electron chi connectivity index (χ2n) is 4.87. The summed E-state index contributed by atoms with van der Waals surface area (Å²) in [5, 5.41) is 22.7. The molecule has 2 rings (SSSR count). The van der Waals surface area contributed by atoms with Gasteiger partial charge in [0.05, 0.1) is 5.60 Å². The molecule has 82 valence electrons. The highest BCUT2D eigenvalue weighted by Gasteiger charge is 2.27. The predicted molar refractivity (Wildman–Crippen MR) is 60.1 cm³/mol. The van der Waals surface area contributed by atoms with Crippen LogP contribution in [0.5, 0.6) is 5.75 Å². The van der Waals surface area contributed by atoms with Gasteiger partial charge < -0.3 is 15.5 Å². The van der Waals surface area contributed by atoms with Gasteiger partial charge in [-0.15, -0.1) is 0 Å². The number of aromatic hydroxyl groups is 1. The summed E-state index contributed by atoms with van der Waals surface area (Å²) in [6.07, 6.45) is 1.47. The highest BCUT2D eigenvalue weighted by molar-refractivity contribution is 5.61. The number of rotatable bonds is 2. The van der Waals surface area contributed by atoms with Crippen LogP contribution in [0.1, 0.15) is 25.8 Å². The van der Waals surface area contributed by atoms with E-state index >= 15 is 0 Å². The lowest BCUT2D eigenvalue weighted by Crippen LogP contribution is -2.29. The molecule has 0 saturated carbocycles. The van der Waals surface area contributed by atoms with Crippen molar-refractivity contribution in [2.75, 3.05) is 5.32 Å². The summed E-state index contributed by atoms with van der Waals surface area (Å²) in [4.78, 5) is 0. The zero-order valence-corrected chi connectivity index (χ0v) is 9.12. The fourth-order valence-electron chi connectivity index (χ4n) is 2.17. The fourth-order valence-corrected chi connectivity index (χ4v) is 2.17. The van der Waals surface area contributed by atoms with E-state index in [0.29, 0.717) is 12.2 Å². The third kappa shape index (κ3) is 2.23. The molecule has 1 aromatic carbocycles. The Morgan fingerprint density at radius 2 is 2.20 bits per heavy atom. The summed E-state index contributed by atoms with van der Waals surface area (Å²) < 4.78 is 0. The van der Waals surface area contributed by atoms with Gasteiger partial charge in [0, 0.05) is 17.3 Å². The van der Waals surface area contributed by atoms with E-state index in [1.807, 2.05) is 12.1 Å². The van der Waals surface area contributed by atoms with Gasteiger partial charge in [0.15, 0.2) is 0 Å². The van der Waals surface area contributed by atoms with Crippen LogP contribution in [-0.2, 0) is 6.42 Å². The molecule has 0 fully saturated rings. The fraction of sp³-hybridized carbons (Fsp3) is 0.500. The first kappa shape index (κ1) is 10.3. The van der Waals surface area contributed by atoms with Crippen LogP contribution in [0.25, 0.3) is 0 Å². The number of phenols is 1. The van der Waals surface area contributed by atoms with E-state index in [4.69, 9.17) is 0 Å². The third-order valence-electron chi connectivity index (χ3n) is 2.71. The van der Waals surface area contributed by atoms with Gasteiger partial charge >= 0.3 is 0 Å². The van der Waals surface area contributed by atoms with Gasteiger partial charge in [-0.2, -0.15) is 0 Å². The minimum absolute atomic E-state index is 0.216. The zero-order valence-electron chi connectivity index (χ0n) is 9.12. The van der Waals surface area contributed by atoms with E-state index < -0.39 is 5.60 Å². The van der Waals surface area contributed by atoms with E-state index in [1.54, 1.807) is 19.9 Å². The van der Waals surface area contributed by atoms with Crippen molar-refractivity contribution in [2.45, 2.75) is 38.3 Å². The summed E-state index contributed by atoms with van der Waals surface area (Å²) in [6, 6.07) is 5.70. The Labute approximate surface area is 89.8 Å². The molecule has 0 spiro atoms.